The Morgan fingerprint density at radius 3 is 3.07 bits per heavy atom. The predicted molar refractivity (Wildman–Crippen MR) is 57.8 cm³/mol. The van der Waals surface area contributed by atoms with Gasteiger partial charge in [0.15, 0.2) is 0 Å². The van der Waals surface area contributed by atoms with Crippen molar-refractivity contribution in [3.63, 3.8) is 0 Å². The van der Waals surface area contributed by atoms with Gasteiger partial charge in [0.1, 0.15) is 0 Å². The zero-order valence-electron chi connectivity index (χ0n) is 8.77. The largest absolute Gasteiger partial charge is 0.353 e. The number of hydrogen-bond donors (Lipinski definition) is 3. The van der Waals surface area contributed by atoms with Crippen LogP contribution in [-0.4, -0.2) is 21.8 Å². The van der Waals surface area contributed by atoms with Crippen molar-refractivity contribution in [1.29, 1.82) is 0 Å². The quantitative estimate of drug-likeness (QED) is 0.270. The second-order valence-corrected chi connectivity index (χ2v) is 3.67. The highest BCUT2D eigenvalue weighted by Gasteiger charge is 2.21. The normalized spacial score (nSPS) is 16.5. The van der Waals surface area contributed by atoms with Gasteiger partial charge in [-0.2, -0.15) is 5.10 Å². The summed E-state index contributed by atoms with van der Waals surface area (Å²) >= 11 is 0. The monoisotopic (exact) mass is 208 g/mol. The SMILES string of the molecule is Cn1nccc1CN=C(NN)NC1CC1. The molecule has 4 N–H and O–H groups in total. The summed E-state index contributed by atoms with van der Waals surface area (Å²) in [4.78, 5) is 4.33. The summed E-state index contributed by atoms with van der Waals surface area (Å²) in [6.45, 7) is 0.579. The zero-order valence-corrected chi connectivity index (χ0v) is 8.77. The summed E-state index contributed by atoms with van der Waals surface area (Å²) < 4.78 is 1.80. The molecule has 6 heteroatoms. The number of nitrogens with zero attached hydrogens (tertiary/aromatic N) is 3. The van der Waals surface area contributed by atoms with Gasteiger partial charge in [-0.05, 0) is 18.9 Å². The molecule has 0 aliphatic heterocycles. The summed E-state index contributed by atoms with van der Waals surface area (Å²) in [6.07, 6.45) is 4.16. The van der Waals surface area contributed by atoms with Crippen LogP contribution in [0.5, 0.6) is 0 Å². The van der Waals surface area contributed by atoms with Crippen molar-refractivity contribution >= 4 is 5.96 Å². The Balaban J connectivity index is 1.92. The molecule has 1 heterocycles. The Bertz CT molecular complexity index is 351. The van der Waals surface area contributed by atoms with Crippen molar-refractivity contribution < 1.29 is 0 Å². The number of hydrazine groups is 1. The minimum Gasteiger partial charge on any atom is -0.353 e. The van der Waals surface area contributed by atoms with E-state index in [9.17, 15) is 0 Å². The highest BCUT2D eigenvalue weighted by atomic mass is 15.3. The van der Waals surface area contributed by atoms with E-state index in [1.807, 2.05) is 13.1 Å². The highest BCUT2D eigenvalue weighted by Crippen LogP contribution is 2.18. The summed E-state index contributed by atoms with van der Waals surface area (Å²) in [5, 5.41) is 7.28. The van der Waals surface area contributed by atoms with Crippen LogP contribution >= 0.6 is 0 Å². The molecular formula is C9H16N6. The molecule has 6 nitrogen and oxygen atoms in total. The van der Waals surface area contributed by atoms with Gasteiger partial charge in [-0.15, -0.1) is 0 Å². The van der Waals surface area contributed by atoms with Gasteiger partial charge in [0, 0.05) is 19.3 Å². The number of aromatic nitrogens is 2. The Morgan fingerprint density at radius 2 is 2.53 bits per heavy atom. The fraction of sp³-hybridized carbons (Fsp3) is 0.556. The molecule has 0 radical (unpaired) electrons. The third kappa shape index (κ3) is 2.69. The average molecular weight is 208 g/mol. The van der Waals surface area contributed by atoms with E-state index in [4.69, 9.17) is 5.84 Å². The number of nitrogens with two attached hydrogens (primary N) is 1. The first kappa shape index (κ1) is 9.97. The maximum Gasteiger partial charge on any atom is 0.206 e. The van der Waals surface area contributed by atoms with Gasteiger partial charge >= 0.3 is 0 Å². The van der Waals surface area contributed by atoms with E-state index in [1.54, 1.807) is 10.9 Å². The number of guanidine groups is 1. The molecular weight excluding hydrogens is 192 g/mol. The molecule has 0 bridgehead atoms. The fourth-order valence-corrected chi connectivity index (χ4v) is 1.27. The molecule has 82 valence electrons. The van der Waals surface area contributed by atoms with E-state index in [0.717, 1.165) is 5.69 Å². The number of rotatable bonds is 3. The molecule has 0 saturated heterocycles. The molecule has 1 aromatic rings. The summed E-state index contributed by atoms with van der Waals surface area (Å²) in [7, 11) is 1.90. The highest BCUT2D eigenvalue weighted by molar-refractivity contribution is 5.79. The lowest BCUT2D eigenvalue weighted by atomic mass is 10.4. The summed E-state index contributed by atoms with van der Waals surface area (Å²) in [5.74, 6) is 6.01. The third-order valence-corrected chi connectivity index (χ3v) is 2.38. The molecule has 15 heavy (non-hydrogen) atoms. The van der Waals surface area contributed by atoms with Gasteiger partial charge in [0.05, 0.1) is 12.2 Å². The molecule has 1 saturated carbocycles. The summed E-state index contributed by atoms with van der Waals surface area (Å²) in [6, 6.07) is 2.49. The van der Waals surface area contributed by atoms with Crippen molar-refractivity contribution in [2.45, 2.75) is 25.4 Å². The van der Waals surface area contributed by atoms with Gasteiger partial charge in [0.25, 0.3) is 0 Å². The van der Waals surface area contributed by atoms with Gasteiger partial charge in [-0.3, -0.25) is 10.1 Å². The second kappa shape index (κ2) is 4.31. The van der Waals surface area contributed by atoms with Crippen LogP contribution in [0.3, 0.4) is 0 Å². The first-order valence-corrected chi connectivity index (χ1v) is 5.04. The molecule has 0 unspecified atom stereocenters. The minimum absolute atomic E-state index is 0.548. The van der Waals surface area contributed by atoms with Crippen LogP contribution in [0.1, 0.15) is 18.5 Å². The Kier molecular flexibility index (Phi) is 2.86. The lowest BCUT2D eigenvalue weighted by molar-refractivity contribution is 0.707. The lowest BCUT2D eigenvalue weighted by Crippen LogP contribution is -2.42. The van der Waals surface area contributed by atoms with Crippen molar-refractivity contribution in [2.24, 2.45) is 17.9 Å². The van der Waals surface area contributed by atoms with Gasteiger partial charge < -0.3 is 5.32 Å². The van der Waals surface area contributed by atoms with Gasteiger partial charge in [0.2, 0.25) is 5.96 Å². The lowest BCUT2D eigenvalue weighted by Gasteiger charge is -2.07. The second-order valence-electron chi connectivity index (χ2n) is 3.67. The van der Waals surface area contributed by atoms with E-state index in [1.165, 1.54) is 12.8 Å². The standard InChI is InChI=1S/C9H16N6/c1-15-8(4-5-12-15)6-11-9(14-10)13-7-2-3-7/h4-5,7H,2-3,6,10H2,1H3,(H2,11,13,14). The number of aryl methyl sites for hydroxylation is 1. The van der Waals surface area contributed by atoms with Crippen molar-refractivity contribution in [1.82, 2.24) is 20.5 Å². The molecule has 0 spiro atoms. The predicted octanol–water partition coefficient (Wildman–Crippen LogP) is -0.509. The minimum atomic E-state index is 0.548. The molecule has 0 atom stereocenters. The average Bonchev–Trinajstić information content (AvgIpc) is 2.96. The van der Waals surface area contributed by atoms with Crippen LogP contribution in [-0.2, 0) is 13.6 Å². The molecule has 1 fully saturated rings. The molecule has 0 aromatic carbocycles. The van der Waals surface area contributed by atoms with E-state index in [0.29, 0.717) is 18.5 Å². The maximum atomic E-state index is 5.36. The van der Waals surface area contributed by atoms with Crippen LogP contribution in [0, 0.1) is 0 Å². The van der Waals surface area contributed by atoms with Crippen molar-refractivity contribution in [3.8, 4) is 0 Å². The van der Waals surface area contributed by atoms with Crippen LogP contribution in [0.25, 0.3) is 0 Å². The Morgan fingerprint density at radius 1 is 1.73 bits per heavy atom. The number of aliphatic imine (C=N–C) groups is 1. The van der Waals surface area contributed by atoms with Crippen LogP contribution in [0.4, 0.5) is 0 Å². The third-order valence-electron chi connectivity index (χ3n) is 2.38. The van der Waals surface area contributed by atoms with E-state index in [-0.39, 0.29) is 0 Å². The maximum absolute atomic E-state index is 5.36. The topological polar surface area (TPSA) is 80.3 Å². The summed E-state index contributed by atoms with van der Waals surface area (Å²) in [5.41, 5.74) is 3.62. The van der Waals surface area contributed by atoms with Gasteiger partial charge in [-0.1, -0.05) is 0 Å². The number of hydrogen-bond acceptors (Lipinski definition) is 3. The Labute approximate surface area is 88.5 Å². The fourth-order valence-electron chi connectivity index (χ4n) is 1.27. The van der Waals surface area contributed by atoms with Crippen LogP contribution in [0.2, 0.25) is 0 Å². The first-order chi connectivity index (χ1) is 7.29. The van der Waals surface area contributed by atoms with Crippen molar-refractivity contribution in [2.75, 3.05) is 0 Å². The molecule has 1 aliphatic rings. The molecule has 2 rings (SSSR count). The van der Waals surface area contributed by atoms with Crippen molar-refractivity contribution in [3.05, 3.63) is 18.0 Å². The first-order valence-electron chi connectivity index (χ1n) is 5.04. The Hall–Kier alpha value is -1.56. The van der Waals surface area contributed by atoms with E-state index >= 15 is 0 Å². The van der Waals surface area contributed by atoms with E-state index in [2.05, 4.69) is 20.8 Å². The zero-order chi connectivity index (χ0) is 10.7. The smallest absolute Gasteiger partial charge is 0.206 e. The van der Waals surface area contributed by atoms with Crippen LogP contribution in [0.15, 0.2) is 17.3 Å². The number of nitrogens with one attached hydrogen (secondary N) is 2. The van der Waals surface area contributed by atoms with E-state index < -0.39 is 0 Å². The molecule has 0 amide bonds. The molecule has 1 aromatic heterocycles. The van der Waals surface area contributed by atoms with Gasteiger partial charge in [-0.25, -0.2) is 10.8 Å². The van der Waals surface area contributed by atoms with Crippen LogP contribution < -0.4 is 16.6 Å². The molecule has 1 aliphatic carbocycles.